The van der Waals surface area contributed by atoms with E-state index in [0.717, 1.165) is 11.8 Å². The van der Waals surface area contributed by atoms with Gasteiger partial charge >= 0.3 is 5.97 Å². The molecule has 7 unspecified atom stereocenters. The summed E-state index contributed by atoms with van der Waals surface area (Å²) in [6, 6.07) is 9.41. The van der Waals surface area contributed by atoms with Gasteiger partial charge in [-0.1, -0.05) is 70.9 Å². The van der Waals surface area contributed by atoms with Crippen molar-refractivity contribution in [1.82, 2.24) is 0 Å². The summed E-state index contributed by atoms with van der Waals surface area (Å²) in [6.07, 6.45) is 14.8. The van der Waals surface area contributed by atoms with Gasteiger partial charge in [-0.15, -0.1) is 0 Å². The molecule has 7 atom stereocenters. The molecule has 1 aromatic rings. The molecule has 0 radical (unpaired) electrons. The number of fused-ring (bicyclic) bond motifs is 1. The van der Waals surface area contributed by atoms with Gasteiger partial charge in [0.15, 0.2) is 0 Å². The SMILES string of the molecule is CCC1(C(C)C=C2CCCC3(C)C2CCC3C(C)COC(=O)c2ccccc2)CCC(C)C1. The number of ether oxygens (including phenoxy) is 1. The second kappa shape index (κ2) is 9.96. The lowest BCUT2D eigenvalue weighted by Crippen LogP contribution is -2.37. The van der Waals surface area contributed by atoms with Crippen molar-refractivity contribution >= 4 is 5.97 Å². The van der Waals surface area contributed by atoms with Gasteiger partial charge in [-0.2, -0.15) is 0 Å². The minimum Gasteiger partial charge on any atom is -0.462 e. The van der Waals surface area contributed by atoms with Crippen LogP contribution in [0.5, 0.6) is 0 Å². The molecular formula is C31H46O2. The fourth-order valence-electron chi connectivity index (χ4n) is 8.18. The minimum absolute atomic E-state index is 0.184. The third-order valence-electron chi connectivity index (χ3n) is 10.2. The van der Waals surface area contributed by atoms with Crippen LogP contribution in [0.1, 0.15) is 103 Å². The summed E-state index contributed by atoms with van der Waals surface area (Å²) in [5, 5.41) is 0. The van der Waals surface area contributed by atoms with Crippen LogP contribution >= 0.6 is 0 Å². The summed E-state index contributed by atoms with van der Waals surface area (Å²) < 4.78 is 5.77. The van der Waals surface area contributed by atoms with Crippen molar-refractivity contribution in [2.45, 2.75) is 92.4 Å². The highest BCUT2D eigenvalue weighted by atomic mass is 16.5. The lowest BCUT2D eigenvalue weighted by Gasteiger charge is -2.45. The summed E-state index contributed by atoms with van der Waals surface area (Å²) >= 11 is 0. The Balaban J connectivity index is 1.44. The number of allylic oxidation sites excluding steroid dienone is 2. The summed E-state index contributed by atoms with van der Waals surface area (Å²) in [7, 11) is 0. The molecule has 0 saturated heterocycles. The predicted octanol–water partition coefficient (Wildman–Crippen LogP) is 8.47. The fraction of sp³-hybridized carbons (Fsp3) is 0.710. The Hall–Kier alpha value is -1.57. The second-order valence-corrected chi connectivity index (χ2v) is 12.1. The van der Waals surface area contributed by atoms with Gasteiger partial charge in [-0.05, 0) is 104 Å². The van der Waals surface area contributed by atoms with Crippen LogP contribution in [0, 0.1) is 40.4 Å². The van der Waals surface area contributed by atoms with Crippen LogP contribution in [0.4, 0.5) is 0 Å². The highest BCUT2D eigenvalue weighted by Gasteiger charge is 2.51. The van der Waals surface area contributed by atoms with E-state index in [4.69, 9.17) is 4.74 Å². The zero-order valence-electron chi connectivity index (χ0n) is 21.7. The minimum atomic E-state index is -0.184. The number of carbonyl (C=O) groups is 1. The molecule has 1 aromatic carbocycles. The van der Waals surface area contributed by atoms with Crippen LogP contribution in [0.25, 0.3) is 0 Å². The van der Waals surface area contributed by atoms with Crippen molar-refractivity contribution in [3.05, 3.63) is 47.5 Å². The zero-order valence-corrected chi connectivity index (χ0v) is 21.7. The van der Waals surface area contributed by atoms with Crippen molar-refractivity contribution < 1.29 is 9.53 Å². The van der Waals surface area contributed by atoms with Crippen LogP contribution in [-0.2, 0) is 4.74 Å². The van der Waals surface area contributed by atoms with Crippen LogP contribution in [0.3, 0.4) is 0 Å². The van der Waals surface area contributed by atoms with Crippen LogP contribution in [-0.4, -0.2) is 12.6 Å². The van der Waals surface area contributed by atoms with Crippen molar-refractivity contribution in [3.63, 3.8) is 0 Å². The zero-order chi connectivity index (χ0) is 23.6. The maximum atomic E-state index is 12.5. The third kappa shape index (κ3) is 4.82. The summed E-state index contributed by atoms with van der Waals surface area (Å²) in [6.45, 7) is 12.8. The van der Waals surface area contributed by atoms with Gasteiger partial charge in [-0.25, -0.2) is 4.79 Å². The first kappa shape index (κ1) is 24.6. The molecule has 0 bridgehead atoms. The number of rotatable bonds is 7. The van der Waals surface area contributed by atoms with Gasteiger partial charge in [0.05, 0.1) is 12.2 Å². The normalized spacial score (nSPS) is 37.0. The Morgan fingerprint density at radius 2 is 1.91 bits per heavy atom. The number of esters is 1. The van der Waals surface area contributed by atoms with E-state index in [0.29, 0.717) is 40.8 Å². The fourth-order valence-corrected chi connectivity index (χ4v) is 8.18. The molecule has 0 amide bonds. The molecule has 3 saturated carbocycles. The van der Waals surface area contributed by atoms with Crippen molar-refractivity contribution in [3.8, 4) is 0 Å². The molecule has 3 aliphatic rings. The molecule has 2 heteroatoms. The predicted molar refractivity (Wildman–Crippen MR) is 137 cm³/mol. The Kier molecular flexibility index (Phi) is 7.41. The first-order valence-corrected chi connectivity index (χ1v) is 13.7. The molecule has 0 aliphatic heterocycles. The van der Waals surface area contributed by atoms with Crippen LogP contribution < -0.4 is 0 Å². The highest BCUT2D eigenvalue weighted by Crippen LogP contribution is 2.60. The largest absolute Gasteiger partial charge is 0.462 e. The Morgan fingerprint density at radius 1 is 1.15 bits per heavy atom. The molecule has 0 N–H and O–H groups in total. The average Bonchev–Trinajstić information content (AvgIpc) is 3.38. The molecule has 3 aliphatic carbocycles. The van der Waals surface area contributed by atoms with Gasteiger partial charge < -0.3 is 4.74 Å². The Morgan fingerprint density at radius 3 is 2.58 bits per heavy atom. The highest BCUT2D eigenvalue weighted by molar-refractivity contribution is 5.89. The quantitative estimate of drug-likeness (QED) is 0.307. The number of hydrogen-bond acceptors (Lipinski definition) is 2. The number of hydrogen-bond donors (Lipinski definition) is 0. The molecule has 33 heavy (non-hydrogen) atoms. The lowest BCUT2D eigenvalue weighted by atomic mass is 9.60. The van der Waals surface area contributed by atoms with E-state index in [-0.39, 0.29) is 5.97 Å². The van der Waals surface area contributed by atoms with E-state index in [2.05, 4.69) is 40.7 Å². The molecule has 0 heterocycles. The van der Waals surface area contributed by atoms with Crippen molar-refractivity contribution in [2.24, 2.45) is 40.4 Å². The summed E-state index contributed by atoms with van der Waals surface area (Å²) in [5.74, 6) is 3.15. The maximum absolute atomic E-state index is 12.5. The summed E-state index contributed by atoms with van der Waals surface area (Å²) in [4.78, 5) is 12.5. The van der Waals surface area contributed by atoms with Gasteiger partial charge in [0.25, 0.3) is 0 Å². The first-order valence-electron chi connectivity index (χ1n) is 13.7. The van der Waals surface area contributed by atoms with E-state index in [1.54, 1.807) is 5.57 Å². The van der Waals surface area contributed by atoms with Crippen molar-refractivity contribution in [2.75, 3.05) is 6.61 Å². The van der Waals surface area contributed by atoms with Gasteiger partial charge in [0.1, 0.15) is 0 Å². The topological polar surface area (TPSA) is 26.3 Å². The van der Waals surface area contributed by atoms with Crippen LogP contribution in [0.15, 0.2) is 42.0 Å². The summed E-state index contributed by atoms with van der Waals surface area (Å²) in [5.41, 5.74) is 3.30. The second-order valence-electron chi connectivity index (χ2n) is 12.1. The Labute approximate surface area is 202 Å². The molecule has 0 aromatic heterocycles. The van der Waals surface area contributed by atoms with E-state index >= 15 is 0 Å². The average molecular weight is 451 g/mol. The number of benzene rings is 1. The van der Waals surface area contributed by atoms with Crippen molar-refractivity contribution in [1.29, 1.82) is 0 Å². The van der Waals surface area contributed by atoms with E-state index in [1.165, 1.54) is 57.8 Å². The molecular weight excluding hydrogens is 404 g/mol. The smallest absolute Gasteiger partial charge is 0.338 e. The van der Waals surface area contributed by atoms with E-state index in [9.17, 15) is 4.79 Å². The van der Waals surface area contributed by atoms with Gasteiger partial charge in [0.2, 0.25) is 0 Å². The monoisotopic (exact) mass is 450 g/mol. The first-order chi connectivity index (χ1) is 15.8. The molecule has 2 nitrogen and oxygen atoms in total. The van der Waals surface area contributed by atoms with E-state index < -0.39 is 0 Å². The molecule has 0 spiro atoms. The molecule has 182 valence electrons. The Bertz CT molecular complexity index is 842. The van der Waals surface area contributed by atoms with Gasteiger partial charge in [-0.3, -0.25) is 0 Å². The third-order valence-corrected chi connectivity index (χ3v) is 10.2. The number of carbonyl (C=O) groups excluding carboxylic acids is 1. The van der Waals surface area contributed by atoms with Crippen LogP contribution in [0.2, 0.25) is 0 Å². The standard InChI is InChI=1S/C31H46O2/c1-6-31(18-16-22(2)20-31)24(4)19-26-13-10-17-30(5)27(14-15-28(26)30)23(3)21-33-29(32)25-11-8-7-9-12-25/h7-9,11-12,19,22-24,27-28H,6,10,13-18,20-21H2,1-5H3. The van der Waals surface area contributed by atoms with Gasteiger partial charge in [0, 0.05) is 0 Å². The maximum Gasteiger partial charge on any atom is 0.338 e. The lowest BCUT2D eigenvalue weighted by molar-refractivity contribution is 0.0256. The molecule has 4 rings (SSSR count). The van der Waals surface area contributed by atoms with E-state index in [1.807, 2.05) is 30.3 Å². The molecule has 3 fully saturated rings.